The standard InChI is InChI=1S/C18H27N3O.HI/c1-11-8-12(2)10-13(9-11)20-17(19)21-15-14-6-5-7-22-16(14)18(15,3)4;/h8-10,14-16H,5-7H2,1-4H3,(H3,19,20,21);1H. The van der Waals surface area contributed by atoms with Gasteiger partial charge in [-0.15, -0.1) is 24.0 Å². The number of rotatable bonds is 2. The highest BCUT2D eigenvalue weighted by Gasteiger charge is 2.58. The van der Waals surface area contributed by atoms with Gasteiger partial charge in [-0.1, -0.05) is 19.9 Å². The Hall–Kier alpha value is -0.820. The van der Waals surface area contributed by atoms with Gasteiger partial charge in [0.2, 0.25) is 0 Å². The van der Waals surface area contributed by atoms with Crippen LogP contribution < -0.4 is 11.1 Å². The third-order valence-electron chi connectivity index (χ3n) is 5.04. The van der Waals surface area contributed by atoms with E-state index >= 15 is 0 Å². The minimum absolute atomic E-state index is 0. The predicted molar refractivity (Wildman–Crippen MR) is 107 cm³/mol. The van der Waals surface area contributed by atoms with Crippen LogP contribution in [0.2, 0.25) is 0 Å². The number of aryl methyl sites for hydroxylation is 2. The van der Waals surface area contributed by atoms with Crippen LogP contribution >= 0.6 is 24.0 Å². The number of fused-ring (bicyclic) bond motifs is 1. The highest BCUT2D eigenvalue weighted by molar-refractivity contribution is 14.0. The maximum atomic E-state index is 6.16. The molecule has 1 saturated carbocycles. The molecule has 1 saturated heterocycles. The summed E-state index contributed by atoms with van der Waals surface area (Å²) in [5.41, 5.74) is 9.68. The summed E-state index contributed by atoms with van der Waals surface area (Å²) in [5.74, 6) is 1.02. The highest BCUT2D eigenvalue weighted by Crippen LogP contribution is 2.53. The van der Waals surface area contributed by atoms with E-state index < -0.39 is 0 Å². The first-order valence-electron chi connectivity index (χ1n) is 8.18. The molecular formula is C18H28IN3O. The third kappa shape index (κ3) is 3.65. The zero-order valence-electron chi connectivity index (χ0n) is 14.4. The summed E-state index contributed by atoms with van der Waals surface area (Å²) >= 11 is 0. The van der Waals surface area contributed by atoms with E-state index in [0.29, 0.717) is 18.0 Å². The summed E-state index contributed by atoms with van der Waals surface area (Å²) in [5, 5.41) is 3.24. The molecule has 2 fully saturated rings. The fourth-order valence-corrected chi connectivity index (χ4v) is 4.13. The smallest absolute Gasteiger partial charge is 0.193 e. The molecule has 128 valence electrons. The van der Waals surface area contributed by atoms with Crippen molar-refractivity contribution in [3.8, 4) is 0 Å². The molecule has 1 aliphatic carbocycles. The minimum Gasteiger partial charge on any atom is -0.377 e. The van der Waals surface area contributed by atoms with Crippen LogP contribution in [-0.4, -0.2) is 24.7 Å². The van der Waals surface area contributed by atoms with Crippen LogP contribution in [0.3, 0.4) is 0 Å². The Kier molecular flexibility index (Phi) is 5.61. The normalized spacial score (nSPS) is 29.0. The zero-order valence-corrected chi connectivity index (χ0v) is 16.8. The summed E-state index contributed by atoms with van der Waals surface area (Å²) in [6.45, 7) is 9.53. The van der Waals surface area contributed by atoms with Crippen molar-refractivity contribution < 1.29 is 4.74 Å². The summed E-state index contributed by atoms with van der Waals surface area (Å²) in [6.07, 6.45) is 2.66. The first kappa shape index (κ1) is 18.5. The van der Waals surface area contributed by atoms with Crippen molar-refractivity contribution in [2.45, 2.75) is 52.7 Å². The van der Waals surface area contributed by atoms with E-state index in [2.05, 4.69) is 51.2 Å². The molecule has 3 rings (SSSR count). The topological polar surface area (TPSA) is 59.6 Å². The van der Waals surface area contributed by atoms with Gasteiger partial charge < -0.3 is 15.8 Å². The van der Waals surface area contributed by atoms with Crippen LogP contribution in [0.1, 0.15) is 37.8 Å². The van der Waals surface area contributed by atoms with E-state index in [0.717, 1.165) is 18.7 Å². The van der Waals surface area contributed by atoms with Crippen molar-refractivity contribution in [1.29, 1.82) is 0 Å². The molecule has 2 aliphatic rings. The van der Waals surface area contributed by atoms with Crippen molar-refractivity contribution in [2.24, 2.45) is 22.1 Å². The molecule has 1 aliphatic heterocycles. The summed E-state index contributed by atoms with van der Waals surface area (Å²) in [7, 11) is 0. The second-order valence-electron chi connectivity index (χ2n) is 7.38. The summed E-state index contributed by atoms with van der Waals surface area (Å²) < 4.78 is 5.92. The van der Waals surface area contributed by atoms with Crippen LogP contribution in [0.4, 0.5) is 5.69 Å². The molecule has 0 radical (unpaired) electrons. The average Bonchev–Trinajstić information content (AvgIpc) is 2.44. The Morgan fingerprint density at radius 2 is 1.91 bits per heavy atom. The predicted octanol–water partition coefficient (Wildman–Crippen LogP) is 3.85. The van der Waals surface area contributed by atoms with E-state index in [1.54, 1.807) is 0 Å². The van der Waals surface area contributed by atoms with Crippen LogP contribution in [-0.2, 0) is 4.74 Å². The minimum atomic E-state index is 0. The number of nitrogens with zero attached hydrogens (tertiary/aromatic N) is 1. The molecule has 1 aromatic rings. The number of nitrogens with two attached hydrogens (primary N) is 1. The van der Waals surface area contributed by atoms with Gasteiger partial charge in [-0.25, -0.2) is 4.99 Å². The van der Waals surface area contributed by atoms with Crippen LogP contribution in [0.15, 0.2) is 23.2 Å². The van der Waals surface area contributed by atoms with Gasteiger partial charge >= 0.3 is 0 Å². The second kappa shape index (κ2) is 6.97. The van der Waals surface area contributed by atoms with Gasteiger partial charge in [0.15, 0.2) is 5.96 Å². The number of guanidine groups is 1. The number of ether oxygens (including phenoxy) is 1. The molecule has 0 amide bonds. The van der Waals surface area contributed by atoms with Gasteiger partial charge in [0.1, 0.15) is 0 Å². The Balaban J connectivity index is 0.00000192. The number of benzene rings is 1. The molecule has 5 heteroatoms. The molecule has 4 nitrogen and oxygen atoms in total. The van der Waals surface area contributed by atoms with Gasteiger partial charge in [-0.05, 0) is 49.9 Å². The zero-order chi connectivity index (χ0) is 15.9. The fraction of sp³-hybridized carbons (Fsp3) is 0.611. The monoisotopic (exact) mass is 429 g/mol. The highest BCUT2D eigenvalue weighted by atomic mass is 127. The Labute approximate surface area is 156 Å². The first-order chi connectivity index (χ1) is 10.4. The van der Waals surface area contributed by atoms with Gasteiger partial charge in [0.25, 0.3) is 0 Å². The lowest BCUT2D eigenvalue weighted by atomic mass is 9.55. The van der Waals surface area contributed by atoms with Crippen LogP contribution in [0.5, 0.6) is 0 Å². The molecule has 0 aromatic heterocycles. The maximum absolute atomic E-state index is 6.16. The van der Waals surface area contributed by atoms with Crippen molar-refractivity contribution >= 4 is 35.6 Å². The molecule has 23 heavy (non-hydrogen) atoms. The Morgan fingerprint density at radius 1 is 1.26 bits per heavy atom. The first-order valence-corrected chi connectivity index (χ1v) is 8.18. The van der Waals surface area contributed by atoms with E-state index in [-0.39, 0.29) is 35.4 Å². The van der Waals surface area contributed by atoms with E-state index in [1.165, 1.54) is 17.5 Å². The molecule has 1 heterocycles. The van der Waals surface area contributed by atoms with E-state index in [9.17, 15) is 0 Å². The fourth-order valence-electron chi connectivity index (χ4n) is 4.13. The number of aliphatic imine (C=N–C) groups is 1. The van der Waals surface area contributed by atoms with Crippen LogP contribution in [0, 0.1) is 25.2 Å². The number of nitrogens with one attached hydrogen (secondary N) is 1. The number of hydrogen-bond donors (Lipinski definition) is 2. The Morgan fingerprint density at radius 3 is 2.57 bits per heavy atom. The van der Waals surface area contributed by atoms with Gasteiger partial charge in [-0.3, -0.25) is 0 Å². The van der Waals surface area contributed by atoms with Gasteiger partial charge in [0, 0.05) is 23.6 Å². The second-order valence-corrected chi connectivity index (χ2v) is 7.38. The Bertz CT molecular complexity index is 580. The van der Waals surface area contributed by atoms with Gasteiger partial charge in [0.05, 0.1) is 12.1 Å². The SMILES string of the molecule is Cc1cc(C)cc(NC(N)=NC2C3CCCOC3C2(C)C)c1.I. The van der Waals surface area contributed by atoms with Crippen molar-refractivity contribution in [1.82, 2.24) is 0 Å². The van der Waals surface area contributed by atoms with Gasteiger partial charge in [-0.2, -0.15) is 0 Å². The molecule has 3 atom stereocenters. The molecular weight excluding hydrogens is 401 g/mol. The third-order valence-corrected chi connectivity index (χ3v) is 5.04. The van der Waals surface area contributed by atoms with E-state index in [1.807, 2.05) is 0 Å². The lowest BCUT2D eigenvalue weighted by Gasteiger charge is -2.58. The quantitative estimate of drug-likeness (QED) is 0.427. The van der Waals surface area contributed by atoms with Crippen LogP contribution in [0.25, 0.3) is 0 Å². The lowest BCUT2D eigenvalue weighted by Crippen LogP contribution is -2.64. The van der Waals surface area contributed by atoms with Crippen molar-refractivity contribution in [2.75, 3.05) is 11.9 Å². The maximum Gasteiger partial charge on any atom is 0.193 e. The molecule has 3 unspecified atom stereocenters. The van der Waals surface area contributed by atoms with Crippen molar-refractivity contribution in [3.05, 3.63) is 29.3 Å². The summed E-state index contributed by atoms with van der Waals surface area (Å²) in [4.78, 5) is 4.78. The molecule has 3 N–H and O–H groups in total. The molecule has 1 aromatic carbocycles. The average molecular weight is 429 g/mol. The number of halogens is 1. The lowest BCUT2D eigenvalue weighted by molar-refractivity contribution is -0.182. The number of hydrogen-bond acceptors (Lipinski definition) is 2. The molecule has 0 bridgehead atoms. The van der Waals surface area contributed by atoms with Crippen molar-refractivity contribution in [3.63, 3.8) is 0 Å². The largest absolute Gasteiger partial charge is 0.377 e. The summed E-state index contributed by atoms with van der Waals surface area (Å²) in [6, 6.07) is 6.58. The molecule has 0 spiro atoms. The number of anilines is 1. The van der Waals surface area contributed by atoms with E-state index in [4.69, 9.17) is 15.5 Å².